The molecule has 1 atom stereocenters. The van der Waals surface area contributed by atoms with Crippen molar-refractivity contribution in [2.75, 3.05) is 0 Å². The van der Waals surface area contributed by atoms with Crippen LogP contribution >= 0.6 is 23.2 Å². The van der Waals surface area contributed by atoms with Gasteiger partial charge in [-0.1, -0.05) is 47.5 Å². The van der Waals surface area contributed by atoms with Crippen LogP contribution in [0.15, 0.2) is 42.5 Å². The highest BCUT2D eigenvalue weighted by atomic mass is 35.5. The van der Waals surface area contributed by atoms with Gasteiger partial charge in [0.05, 0.1) is 12.0 Å². The Balaban J connectivity index is 2.11. The minimum Gasteiger partial charge on any atom is -0.368 e. The number of rotatable bonds is 6. The van der Waals surface area contributed by atoms with E-state index >= 15 is 0 Å². The van der Waals surface area contributed by atoms with E-state index in [2.05, 4.69) is 5.32 Å². The molecular weight excluding hydrogens is 404 g/mol. The molecule has 0 unspecified atom stereocenters. The molecule has 3 N–H and O–H groups in total. The third kappa shape index (κ3) is 5.87. The fourth-order valence-corrected chi connectivity index (χ4v) is 2.99. The van der Waals surface area contributed by atoms with Gasteiger partial charge in [-0.2, -0.15) is 13.2 Å². The summed E-state index contributed by atoms with van der Waals surface area (Å²) in [6.07, 6.45) is -4.89. The Kier molecular flexibility index (Phi) is 6.73. The van der Waals surface area contributed by atoms with Gasteiger partial charge in [-0.3, -0.25) is 9.59 Å². The van der Waals surface area contributed by atoms with Crippen molar-refractivity contribution < 1.29 is 22.8 Å². The number of amides is 2. The molecule has 0 aromatic heterocycles. The van der Waals surface area contributed by atoms with Crippen LogP contribution < -0.4 is 11.1 Å². The first kappa shape index (κ1) is 21.1. The van der Waals surface area contributed by atoms with Crippen molar-refractivity contribution in [1.82, 2.24) is 5.32 Å². The predicted octanol–water partition coefficient (Wildman–Crippen LogP) is 3.77. The molecule has 27 heavy (non-hydrogen) atoms. The van der Waals surface area contributed by atoms with Crippen molar-refractivity contribution in [3.05, 3.63) is 69.2 Å². The first-order valence-electron chi connectivity index (χ1n) is 7.75. The molecule has 0 bridgehead atoms. The van der Waals surface area contributed by atoms with E-state index < -0.39 is 29.6 Å². The minimum atomic E-state index is -4.51. The number of alkyl halides is 3. The number of benzene rings is 2. The molecule has 2 aromatic carbocycles. The molecule has 0 fully saturated rings. The van der Waals surface area contributed by atoms with Gasteiger partial charge in [0, 0.05) is 16.5 Å². The van der Waals surface area contributed by atoms with Crippen LogP contribution in [0.3, 0.4) is 0 Å². The number of halogens is 5. The van der Waals surface area contributed by atoms with Gasteiger partial charge in [-0.15, -0.1) is 0 Å². The summed E-state index contributed by atoms with van der Waals surface area (Å²) < 4.78 is 38.3. The van der Waals surface area contributed by atoms with Crippen molar-refractivity contribution >= 4 is 35.0 Å². The lowest BCUT2D eigenvalue weighted by Crippen LogP contribution is -2.46. The monoisotopic (exact) mass is 418 g/mol. The highest BCUT2D eigenvalue weighted by molar-refractivity contribution is 6.36. The largest absolute Gasteiger partial charge is 0.416 e. The third-order valence-corrected chi connectivity index (χ3v) is 4.48. The average Bonchev–Trinajstić information content (AvgIpc) is 2.56. The summed E-state index contributed by atoms with van der Waals surface area (Å²) in [7, 11) is 0. The average molecular weight is 419 g/mol. The highest BCUT2D eigenvalue weighted by Crippen LogP contribution is 2.29. The predicted molar refractivity (Wildman–Crippen MR) is 96.4 cm³/mol. The van der Waals surface area contributed by atoms with Crippen molar-refractivity contribution in [2.24, 2.45) is 5.73 Å². The molecule has 144 valence electrons. The number of primary amides is 1. The molecule has 0 aliphatic carbocycles. The molecule has 4 nitrogen and oxygen atoms in total. The molecular formula is C18H15Cl2F3N2O2. The smallest absolute Gasteiger partial charge is 0.368 e. The van der Waals surface area contributed by atoms with Crippen molar-refractivity contribution in [3.63, 3.8) is 0 Å². The summed E-state index contributed by atoms with van der Waals surface area (Å²) in [5, 5.41) is 3.03. The summed E-state index contributed by atoms with van der Waals surface area (Å²) in [5.74, 6) is -1.47. The van der Waals surface area contributed by atoms with Gasteiger partial charge in [-0.05, 0) is 29.3 Å². The van der Waals surface area contributed by atoms with E-state index in [9.17, 15) is 22.8 Å². The number of carbonyl (C=O) groups excluding carboxylic acids is 2. The van der Waals surface area contributed by atoms with Crippen molar-refractivity contribution in [2.45, 2.75) is 25.1 Å². The van der Waals surface area contributed by atoms with Crippen LogP contribution in [0.25, 0.3) is 0 Å². The maximum Gasteiger partial charge on any atom is 0.416 e. The van der Waals surface area contributed by atoms with Crippen LogP contribution in [-0.2, 0) is 28.6 Å². The van der Waals surface area contributed by atoms with Crippen molar-refractivity contribution in [3.8, 4) is 0 Å². The van der Waals surface area contributed by atoms with Crippen molar-refractivity contribution in [1.29, 1.82) is 0 Å². The van der Waals surface area contributed by atoms with Crippen LogP contribution in [0.4, 0.5) is 13.2 Å². The molecule has 0 aliphatic heterocycles. The maximum atomic E-state index is 12.8. The molecule has 2 rings (SSSR count). The molecule has 0 radical (unpaired) electrons. The third-order valence-electron chi connectivity index (χ3n) is 3.77. The number of nitrogens with one attached hydrogen (secondary N) is 1. The topological polar surface area (TPSA) is 72.2 Å². The lowest BCUT2D eigenvalue weighted by molar-refractivity contribution is -0.137. The van der Waals surface area contributed by atoms with Gasteiger partial charge in [0.15, 0.2) is 0 Å². The molecule has 0 heterocycles. The van der Waals surface area contributed by atoms with Gasteiger partial charge in [-0.25, -0.2) is 0 Å². The van der Waals surface area contributed by atoms with Gasteiger partial charge in [0.1, 0.15) is 6.04 Å². The molecule has 9 heteroatoms. The second-order valence-corrected chi connectivity index (χ2v) is 6.62. The zero-order valence-corrected chi connectivity index (χ0v) is 15.3. The Bertz CT molecular complexity index is 836. The van der Waals surface area contributed by atoms with Crippen LogP contribution in [-0.4, -0.2) is 17.9 Å². The molecule has 0 spiro atoms. The lowest BCUT2D eigenvalue weighted by atomic mass is 10.0. The first-order valence-corrected chi connectivity index (χ1v) is 8.51. The van der Waals surface area contributed by atoms with E-state index in [0.717, 1.165) is 12.1 Å². The minimum absolute atomic E-state index is 0.0395. The maximum absolute atomic E-state index is 12.8. The first-order chi connectivity index (χ1) is 12.6. The summed E-state index contributed by atoms with van der Waals surface area (Å²) in [5.41, 5.74) is 5.05. The summed E-state index contributed by atoms with van der Waals surface area (Å²) in [6, 6.07) is 8.05. The Labute approximate surface area is 163 Å². The van der Waals surface area contributed by atoms with E-state index in [0.29, 0.717) is 15.6 Å². The highest BCUT2D eigenvalue weighted by Gasteiger charge is 2.30. The number of nitrogens with two attached hydrogens (primary N) is 1. The van der Waals surface area contributed by atoms with E-state index in [4.69, 9.17) is 28.9 Å². The quantitative estimate of drug-likeness (QED) is 0.749. The summed E-state index contributed by atoms with van der Waals surface area (Å²) >= 11 is 12.1. The van der Waals surface area contributed by atoms with Crippen LogP contribution in [0.2, 0.25) is 10.0 Å². The summed E-state index contributed by atoms with van der Waals surface area (Å²) in [6.45, 7) is 0. The van der Waals surface area contributed by atoms with Crippen LogP contribution in [0, 0.1) is 0 Å². The second kappa shape index (κ2) is 8.63. The number of carbonyl (C=O) groups is 2. The SMILES string of the molecule is NC(=O)[C@@H](Cc1c(Cl)cccc1Cl)NC(=O)Cc1cccc(C(F)(F)F)c1. The van der Waals surface area contributed by atoms with E-state index in [1.54, 1.807) is 18.2 Å². The lowest BCUT2D eigenvalue weighted by Gasteiger charge is -2.17. The molecule has 0 saturated carbocycles. The summed E-state index contributed by atoms with van der Waals surface area (Å²) in [4.78, 5) is 23.9. The van der Waals surface area contributed by atoms with Gasteiger partial charge in [0.25, 0.3) is 0 Å². The molecule has 2 aromatic rings. The Morgan fingerprint density at radius 3 is 2.22 bits per heavy atom. The van der Waals surface area contributed by atoms with Gasteiger partial charge in [0.2, 0.25) is 11.8 Å². The molecule has 2 amide bonds. The van der Waals surface area contributed by atoms with E-state index in [1.165, 1.54) is 12.1 Å². The zero-order chi connectivity index (χ0) is 20.2. The number of hydrogen-bond donors (Lipinski definition) is 2. The Morgan fingerprint density at radius 2 is 1.67 bits per heavy atom. The Morgan fingerprint density at radius 1 is 1.07 bits per heavy atom. The van der Waals surface area contributed by atoms with Crippen LogP contribution in [0.1, 0.15) is 16.7 Å². The zero-order valence-electron chi connectivity index (χ0n) is 13.8. The standard InChI is InChI=1S/C18H15Cl2F3N2O2/c19-13-5-2-6-14(20)12(13)9-15(17(24)27)25-16(26)8-10-3-1-4-11(7-10)18(21,22)23/h1-7,15H,8-9H2,(H2,24,27)(H,25,26)/t15-/m1/s1. The van der Waals surface area contributed by atoms with Gasteiger partial charge >= 0.3 is 6.18 Å². The van der Waals surface area contributed by atoms with E-state index in [1.807, 2.05) is 0 Å². The fourth-order valence-electron chi connectivity index (χ4n) is 2.44. The second-order valence-electron chi connectivity index (χ2n) is 5.80. The Hall–Kier alpha value is -2.25. The molecule has 0 saturated heterocycles. The van der Waals surface area contributed by atoms with Crippen LogP contribution in [0.5, 0.6) is 0 Å². The normalized spacial score (nSPS) is 12.5. The fraction of sp³-hybridized carbons (Fsp3) is 0.222. The van der Waals surface area contributed by atoms with E-state index in [-0.39, 0.29) is 18.4 Å². The van der Waals surface area contributed by atoms with Gasteiger partial charge < -0.3 is 11.1 Å². The molecule has 0 aliphatic rings. The number of hydrogen-bond acceptors (Lipinski definition) is 2.